The van der Waals surface area contributed by atoms with Crippen LogP contribution in [0.4, 0.5) is 5.69 Å². The first kappa shape index (κ1) is 19.2. The Balaban J connectivity index is 2.04. The first-order valence-corrected chi connectivity index (χ1v) is 9.65. The molecule has 3 aliphatic rings. The molecule has 1 amide bonds. The van der Waals surface area contributed by atoms with Crippen LogP contribution in [-0.2, 0) is 29.3 Å². The van der Waals surface area contributed by atoms with Crippen LogP contribution >= 0.6 is 0 Å². The third kappa shape index (κ3) is 2.68. The number of hydrogen-bond donors (Lipinski definition) is 2. The molecule has 1 aromatic rings. The largest absolute Gasteiger partial charge is 0.459 e. The van der Waals surface area contributed by atoms with Gasteiger partial charge in [-0.2, -0.15) is 0 Å². The fourth-order valence-corrected chi connectivity index (χ4v) is 4.54. The summed E-state index contributed by atoms with van der Waals surface area (Å²) < 4.78 is 11.2. The Morgan fingerprint density at radius 2 is 1.90 bits per heavy atom. The predicted molar refractivity (Wildman–Crippen MR) is 105 cm³/mol. The van der Waals surface area contributed by atoms with Crippen LogP contribution in [0.1, 0.15) is 46.1 Å². The zero-order valence-corrected chi connectivity index (χ0v) is 16.9. The second-order valence-corrected chi connectivity index (χ2v) is 8.78. The molecule has 1 aromatic carbocycles. The second kappa shape index (κ2) is 6.20. The van der Waals surface area contributed by atoms with Crippen molar-refractivity contribution in [1.82, 2.24) is 0 Å². The summed E-state index contributed by atoms with van der Waals surface area (Å²) in [5.41, 5.74) is 5.27. The van der Waals surface area contributed by atoms with Crippen LogP contribution in [0.25, 0.3) is 0 Å². The summed E-state index contributed by atoms with van der Waals surface area (Å²) in [5, 5.41) is 2.81. The normalized spacial score (nSPS) is 25.0. The zero-order valence-electron chi connectivity index (χ0n) is 16.9. The number of anilines is 1. The third-order valence-corrected chi connectivity index (χ3v) is 5.53. The van der Waals surface area contributed by atoms with Gasteiger partial charge in [0.1, 0.15) is 16.7 Å². The van der Waals surface area contributed by atoms with E-state index in [0.717, 1.165) is 0 Å². The number of Topliss-reactive ketones (excluding diaryl/α,β-unsaturated/α-hetero) is 1. The summed E-state index contributed by atoms with van der Waals surface area (Å²) in [4.78, 5) is 39.9. The Bertz CT molecular complexity index is 1020. The minimum absolute atomic E-state index is 0.138. The van der Waals surface area contributed by atoms with Crippen molar-refractivity contribution in [1.29, 1.82) is 0 Å². The molecular formula is C22H24N2O5. The predicted octanol–water partition coefficient (Wildman–Crippen LogP) is 2.67. The van der Waals surface area contributed by atoms with Crippen molar-refractivity contribution in [3.8, 4) is 0 Å². The van der Waals surface area contributed by atoms with Crippen LogP contribution in [0.2, 0.25) is 0 Å². The number of benzene rings is 1. The van der Waals surface area contributed by atoms with Crippen molar-refractivity contribution in [2.45, 2.75) is 52.1 Å². The standard InChI is InChI=1S/C22H24N2O5/c1-11(2)28-19(26)17-18(23)29-15-10-21(3,4)9-14(25)16(15)22(17)12-7-5-6-8-13(12)24-20(22)27/h5-8,11H,9-10,23H2,1-4H3,(H,24,27). The van der Waals surface area contributed by atoms with E-state index in [2.05, 4.69) is 5.32 Å². The van der Waals surface area contributed by atoms with Gasteiger partial charge in [-0.05, 0) is 25.3 Å². The zero-order chi connectivity index (χ0) is 21.1. The molecule has 0 saturated heterocycles. The highest BCUT2D eigenvalue weighted by Gasteiger charge is 2.62. The van der Waals surface area contributed by atoms with Gasteiger partial charge in [0.25, 0.3) is 0 Å². The maximum atomic E-state index is 13.5. The molecule has 0 radical (unpaired) electrons. The fraction of sp³-hybridized carbons (Fsp3) is 0.409. The molecule has 7 heteroatoms. The number of allylic oxidation sites excluding steroid dienone is 1. The summed E-state index contributed by atoms with van der Waals surface area (Å²) in [6, 6.07) is 7.00. The SMILES string of the molecule is CC(C)OC(=O)C1=C(N)OC2=C(C(=O)CC(C)(C)C2)C12C(=O)Nc1ccccc12. The summed E-state index contributed by atoms with van der Waals surface area (Å²) in [6.45, 7) is 7.31. The highest BCUT2D eigenvalue weighted by atomic mass is 16.5. The number of hydrogen-bond acceptors (Lipinski definition) is 6. The van der Waals surface area contributed by atoms with Crippen LogP contribution in [0.15, 0.2) is 47.1 Å². The molecule has 1 atom stereocenters. The number of amides is 1. The number of esters is 1. The maximum Gasteiger partial charge on any atom is 0.341 e. The lowest BCUT2D eigenvalue weighted by molar-refractivity contribution is -0.145. The average Bonchev–Trinajstić information content (AvgIpc) is 2.85. The van der Waals surface area contributed by atoms with Gasteiger partial charge in [-0.1, -0.05) is 32.0 Å². The number of nitrogens with two attached hydrogens (primary N) is 1. The summed E-state index contributed by atoms with van der Waals surface area (Å²) >= 11 is 0. The topological polar surface area (TPSA) is 108 Å². The van der Waals surface area contributed by atoms with Crippen LogP contribution in [0.5, 0.6) is 0 Å². The van der Waals surface area contributed by atoms with Gasteiger partial charge < -0.3 is 20.5 Å². The molecule has 7 nitrogen and oxygen atoms in total. The van der Waals surface area contributed by atoms with Crippen LogP contribution in [-0.4, -0.2) is 23.8 Å². The highest BCUT2D eigenvalue weighted by Crippen LogP contribution is 2.56. The van der Waals surface area contributed by atoms with Gasteiger partial charge in [0, 0.05) is 24.1 Å². The minimum Gasteiger partial charge on any atom is -0.459 e. The summed E-state index contributed by atoms with van der Waals surface area (Å²) in [7, 11) is 0. The second-order valence-electron chi connectivity index (χ2n) is 8.78. The van der Waals surface area contributed by atoms with Crippen LogP contribution in [0.3, 0.4) is 0 Å². The molecule has 1 unspecified atom stereocenters. The van der Waals surface area contributed by atoms with E-state index >= 15 is 0 Å². The molecule has 0 aromatic heterocycles. The van der Waals surface area contributed by atoms with E-state index in [4.69, 9.17) is 15.2 Å². The molecule has 2 aliphatic heterocycles. The third-order valence-electron chi connectivity index (χ3n) is 5.53. The lowest BCUT2D eigenvalue weighted by atomic mass is 9.62. The highest BCUT2D eigenvalue weighted by molar-refractivity contribution is 6.22. The van der Waals surface area contributed by atoms with E-state index in [1.807, 2.05) is 13.8 Å². The smallest absolute Gasteiger partial charge is 0.341 e. The molecule has 4 rings (SSSR count). The van der Waals surface area contributed by atoms with Crippen molar-refractivity contribution in [2.75, 3.05) is 5.32 Å². The van der Waals surface area contributed by atoms with E-state index in [-0.39, 0.29) is 34.6 Å². The van der Waals surface area contributed by atoms with Gasteiger partial charge in [-0.3, -0.25) is 9.59 Å². The van der Waals surface area contributed by atoms with Gasteiger partial charge in [0.2, 0.25) is 11.8 Å². The van der Waals surface area contributed by atoms with Crippen molar-refractivity contribution in [2.24, 2.45) is 11.1 Å². The van der Waals surface area contributed by atoms with Crippen molar-refractivity contribution < 1.29 is 23.9 Å². The quantitative estimate of drug-likeness (QED) is 0.744. The number of ketones is 1. The molecular weight excluding hydrogens is 372 g/mol. The van der Waals surface area contributed by atoms with E-state index in [1.165, 1.54) is 0 Å². The number of carbonyl (C=O) groups excluding carboxylic acids is 3. The molecule has 0 fully saturated rings. The van der Waals surface area contributed by atoms with Gasteiger partial charge in [0.05, 0.1) is 11.7 Å². The lowest BCUT2D eigenvalue weighted by Gasteiger charge is -2.42. The first-order valence-electron chi connectivity index (χ1n) is 9.65. The first-order chi connectivity index (χ1) is 13.6. The van der Waals surface area contributed by atoms with Crippen molar-refractivity contribution >= 4 is 23.3 Å². The summed E-state index contributed by atoms with van der Waals surface area (Å²) in [6.07, 6.45) is 0.230. The molecule has 0 bridgehead atoms. The van der Waals surface area contributed by atoms with Crippen molar-refractivity contribution in [3.05, 3.63) is 52.6 Å². The number of rotatable bonds is 2. The Labute approximate surface area is 168 Å². The van der Waals surface area contributed by atoms with E-state index in [1.54, 1.807) is 38.1 Å². The van der Waals surface area contributed by atoms with Gasteiger partial charge >= 0.3 is 5.97 Å². The number of nitrogens with one attached hydrogen (secondary N) is 1. The Morgan fingerprint density at radius 3 is 2.59 bits per heavy atom. The minimum atomic E-state index is -1.67. The van der Waals surface area contributed by atoms with E-state index in [9.17, 15) is 14.4 Å². The Hall–Kier alpha value is -3.09. The maximum absolute atomic E-state index is 13.5. The summed E-state index contributed by atoms with van der Waals surface area (Å²) in [5.74, 6) is -1.36. The molecule has 0 saturated carbocycles. The molecule has 1 spiro atoms. The average molecular weight is 396 g/mol. The van der Waals surface area contributed by atoms with Crippen molar-refractivity contribution in [3.63, 3.8) is 0 Å². The number of fused-ring (bicyclic) bond motifs is 3. The number of ether oxygens (including phenoxy) is 2. The van der Waals surface area contributed by atoms with E-state index < -0.39 is 23.4 Å². The van der Waals surface area contributed by atoms with Gasteiger partial charge in [-0.25, -0.2) is 4.79 Å². The lowest BCUT2D eigenvalue weighted by Crippen LogP contribution is -2.50. The molecule has 152 valence electrons. The Morgan fingerprint density at radius 1 is 1.21 bits per heavy atom. The van der Waals surface area contributed by atoms with Crippen LogP contribution < -0.4 is 11.1 Å². The monoisotopic (exact) mass is 396 g/mol. The Kier molecular flexibility index (Phi) is 4.12. The fourth-order valence-electron chi connectivity index (χ4n) is 4.54. The van der Waals surface area contributed by atoms with Crippen LogP contribution in [0, 0.1) is 5.41 Å². The molecule has 2 heterocycles. The van der Waals surface area contributed by atoms with Gasteiger partial charge in [0.15, 0.2) is 5.78 Å². The number of para-hydroxylation sites is 1. The molecule has 1 aliphatic carbocycles. The molecule has 29 heavy (non-hydrogen) atoms. The molecule has 3 N–H and O–H groups in total. The van der Waals surface area contributed by atoms with E-state index in [0.29, 0.717) is 23.4 Å². The number of carbonyl (C=O) groups is 3. The van der Waals surface area contributed by atoms with Gasteiger partial charge in [-0.15, -0.1) is 0 Å².